The number of halogens is 1. The van der Waals surface area contributed by atoms with Crippen LogP contribution in [0.4, 0.5) is 0 Å². The van der Waals surface area contributed by atoms with Crippen LogP contribution >= 0.6 is 22.6 Å². The van der Waals surface area contributed by atoms with Gasteiger partial charge < -0.3 is 9.53 Å². The van der Waals surface area contributed by atoms with Gasteiger partial charge in [-0.15, -0.1) is 0 Å². The first-order chi connectivity index (χ1) is 5.72. The van der Waals surface area contributed by atoms with E-state index < -0.39 is 0 Å². The third-order valence-electron chi connectivity index (χ3n) is 2.59. The van der Waals surface area contributed by atoms with Gasteiger partial charge in [0.05, 0.1) is 6.61 Å². The van der Waals surface area contributed by atoms with Crippen LogP contribution in [0.5, 0.6) is 0 Å². The van der Waals surface area contributed by atoms with E-state index in [0.717, 1.165) is 35.9 Å². The maximum Gasteiger partial charge on any atom is 0.128 e. The molecule has 0 unspecified atom stereocenters. The van der Waals surface area contributed by atoms with Crippen molar-refractivity contribution in [3.8, 4) is 0 Å². The summed E-state index contributed by atoms with van der Waals surface area (Å²) in [7, 11) is 1.67. The Balaban J connectivity index is 2.50. The molecule has 0 spiro atoms. The van der Waals surface area contributed by atoms with E-state index in [4.69, 9.17) is 4.74 Å². The van der Waals surface area contributed by atoms with E-state index in [0.29, 0.717) is 6.61 Å². The average Bonchev–Trinajstić information content (AvgIpc) is 2.10. The van der Waals surface area contributed by atoms with E-state index in [2.05, 4.69) is 22.6 Å². The van der Waals surface area contributed by atoms with Gasteiger partial charge in [-0.2, -0.15) is 0 Å². The highest BCUT2D eigenvalue weighted by atomic mass is 127. The van der Waals surface area contributed by atoms with Crippen molar-refractivity contribution in [1.82, 2.24) is 0 Å². The summed E-state index contributed by atoms with van der Waals surface area (Å²) in [5.41, 5.74) is -0.156. The first kappa shape index (κ1) is 10.4. The molecule has 0 aromatic rings. The number of carbonyl (C=O) groups is 1. The fourth-order valence-corrected chi connectivity index (χ4v) is 2.36. The van der Waals surface area contributed by atoms with Crippen LogP contribution in [0, 0.1) is 5.41 Å². The van der Waals surface area contributed by atoms with E-state index in [1.807, 2.05) is 0 Å². The molecule has 12 heavy (non-hydrogen) atoms. The maximum atomic E-state index is 10.9. The summed E-state index contributed by atoms with van der Waals surface area (Å²) in [5, 5.41) is 0. The van der Waals surface area contributed by atoms with Crippen molar-refractivity contribution in [3.63, 3.8) is 0 Å². The first-order valence-electron chi connectivity index (χ1n) is 4.32. The smallest absolute Gasteiger partial charge is 0.128 e. The lowest BCUT2D eigenvalue weighted by Gasteiger charge is -2.33. The van der Waals surface area contributed by atoms with Crippen LogP contribution in [0.25, 0.3) is 0 Å². The minimum atomic E-state index is -0.156. The lowest BCUT2D eigenvalue weighted by Crippen LogP contribution is -2.33. The van der Waals surface area contributed by atoms with Crippen molar-refractivity contribution in [3.05, 3.63) is 0 Å². The first-order valence-corrected chi connectivity index (χ1v) is 5.56. The van der Waals surface area contributed by atoms with Gasteiger partial charge in [0.2, 0.25) is 0 Å². The van der Waals surface area contributed by atoms with Gasteiger partial charge in [0.1, 0.15) is 6.29 Å². The summed E-state index contributed by atoms with van der Waals surface area (Å²) in [6, 6.07) is 0. The molecule has 3 heteroatoms. The van der Waals surface area contributed by atoms with Crippen molar-refractivity contribution in [2.75, 3.05) is 13.7 Å². The van der Waals surface area contributed by atoms with Gasteiger partial charge in [-0.05, 0) is 25.7 Å². The summed E-state index contributed by atoms with van der Waals surface area (Å²) in [4.78, 5) is 10.9. The molecule has 2 nitrogen and oxygen atoms in total. The summed E-state index contributed by atoms with van der Waals surface area (Å²) >= 11 is 2.46. The molecular formula is C9H15IO2. The number of hydrogen-bond acceptors (Lipinski definition) is 2. The van der Waals surface area contributed by atoms with E-state index >= 15 is 0 Å². The number of alkyl halides is 1. The monoisotopic (exact) mass is 282 g/mol. The predicted molar refractivity (Wildman–Crippen MR) is 56.6 cm³/mol. The summed E-state index contributed by atoms with van der Waals surface area (Å²) in [6.45, 7) is 0.597. The van der Waals surface area contributed by atoms with E-state index in [-0.39, 0.29) is 5.41 Å². The molecule has 1 saturated carbocycles. The Bertz CT molecular complexity index is 151. The molecule has 0 atom stereocenters. The molecule has 0 aromatic carbocycles. The lowest BCUT2D eigenvalue weighted by atomic mass is 9.76. The fourth-order valence-electron chi connectivity index (χ4n) is 1.74. The third-order valence-corrected chi connectivity index (χ3v) is 3.84. The van der Waals surface area contributed by atoms with Gasteiger partial charge in [-0.3, -0.25) is 0 Å². The molecule has 0 heterocycles. The Kier molecular flexibility index (Phi) is 3.96. The number of rotatable bonds is 3. The Labute approximate surface area is 87.2 Å². The van der Waals surface area contributed by atoms with Crippen molar-refractivity contribution in [2.24, 2.45) is 5.41 Å². The molecular weight excluding hydrogens is 267 g/mol. The van der Waals surface area contributed by atoms with Gasteiger partial charge >= 0.3 is 0 Å². The normalized spacial score (nSPS) is 36.3. The second kappa shape index (κ2) is 4.56. The van der Waals surface area contributed by atoms with Gasteiger partial charge in [0, 0.05) is 16.4 Å². The molecule has 1 rings (SSSR count). The molecule has 1 aliphatic carbocycles. The van der Waals surface area contributed by atoms with Gasteiger partial charge in [0.25, 0.3) is 0 Å². The van der Waals surface area contributed by atoms with Crippen LogP contribution in [0.3, 0.4) is 0 Å². The highest BCUT2D eigenvalue weighted by molar-refractivity contribution is 14.1. The molecule has 1 aliphatic rings. The lowest BCUT2D eigenvalue weighted by molar-refractivity contribution is -0.121. The number of methoxy groups -OCH3 is 1. The minimum Gasteiger partial charge on any atom is -0.384 e. The fraction of sp³-hybridized carbons (Fsp3) is 0.889. The van der Waals surface area contributed by atoms with E-state index in [1.165, 1.54) is 0 Å². The Morgan fingerprint density at radius 3 is 2.58 bits per heavy atom. The van der Waals surface area contributed by atoms with Crippen LogP contribution in [0.2, 0.25) is 0 Å². The zero-order valence-corrected chi connectivity index (χ0v) is 9.54. The SMILES string of the molecule is COCC1(C=O)CCC(I)CC1. The van der Waals surface area contributed by atoms with Crippen molar-refractivity contribution in [2.45, 2.75) is 29.6 Å². The summed E-state index contributed by atoms with van der Waals surface area (Å²) in [6.07, 6.45) is 5.40. The molecule has 1 fully saturated rings. The molecule has 0 aromatic heterocycles. The average molecular weight is 282 g/mol. The van der Waals surface area contributed by atoms with Gasteiger partial charge in [0.15, 0.2) is 0 Å². The van der Waals surface area contributed by atoms with Crippen LogP contribution in [0.15, 0.2) is 0 Å². The molecule has 0 saturated heterocycles. The van der Waals surface area contributed by atoms with E-state index in [1.54, 1.807) is 7.11 Å². The van der Waals surface area contributed by atoms with Gasteiger partial charge in [-0.1, -0.05) is 22.6 Å². The quantitative estimate of drug-likeness (QED) is 0.450. The van der Waals surface area contributed by atoms with Crippen LogP contribution < -0.4 is 0 Å². The molecule has 0 radical (unpaired) electrons. The number of carbonyl (C=O) groups excluding carboxylic acids is 1. The Morgan fingerprint density at radius 2 is 2.17 bits per heavy atom. The second-order valence-electron chi connectivity index (χ2n) is 3.59. The van der Waals surface area contributed by atoms with Crippen molar-refractivity contribution >= 4 is 28.9 Å². The number of ether oxygens (including phenoxy) is 1. The Hall–Kier alpha value is 0.360. The largest absolute Gasteiger partial charge is 0.384 e. The van der Waals surface area contributed by atoms with Crippen LogP contribution in [0.1, 0.15) is 25.7 Å². The second-order valence-corrected chi connectivity index (χ2v) is 5.35. The number of hydrogen-bond donors (Lipinski definition) is 0. The highest BCUT2D eigenvalue weighted by Gasteiger charge is 2.34. The van der Waals surface area contributed by atoms with Crippen LogP contribution in [-0.2, 0) is 9.53 Å². The zero-order valence-electron chi connectivity index (χ0n) is 7.38. The van der Waals surface area contributed by atoms with Gasteiger partial charge in [-0.25, -0.2) is 0 Å². The maximum absolute atomic E-state index is 10.9. The molecule has 0 bridgehead atoms. The topological polar surface area (TPSA) is 26.3 Å². The Morgan fingerprint density at radius 1 is 1.58 bits per heavy atom. The zero-order chi connectivity index (χ0) is 9.03. The molecule has 70 valence electrons. The van der Waals surface area contributed by atoms with Crippen LogP contribution in [-0.4, -0.2) is 23.9 Å². The third kappa shape index (κ3) is 2.42. The predicted octanol–water partition coefficient (Wildman–Crippen LogP) is 2.20. The summed E-state index contributed by atoms with van der Waals surface area (Å²) < 4.78 is 5.83. The molecule has 0 amide bonds. The molecule has 0 N–H and O–H groups in total. The van der Waals surface area contributed by atoms with E-state index in [9.17, 15) is 4.79 Å². The van der Waals surface area contributed by atoms with Crippen molar-refractivity contribution < 1.29 is 9.53 Å². The van der Waals surface area contributed by atoms with Crippen molar-refractivity contribution in [1.29, 1.82) is 0 Å². The highest BCUT2D eigenvalue weighted by Crippen LogP contribution is 2.37. The molecule has 0 aliphatic heterocycles. The standard InChI is InChI=1S/C9H15IO2/c1-12-7-9(6-11)4-2-8(10)3-5-9/h6,8H,2-5,7H2,1H3. The number of aldehydes is 1. The minimum absolute atomic E-state index is 0.156. The summed E-state index contributed by atoms with van der Waals surface area (Å²) in [5.74, 6) is 0.